The van der Waals surface area contributed by atoms with Gasteiger partial charge in [0.1, 0.15) is 22.8 Å². The largest absolute Gasteiger partial charge is 0.435 e. The van der Waals surface area contributed by atoms with E-state index in [-0.39, 0.29) is 39.0 Å². The molecule has 128 valence electrons. The zero-order chi connectivity index (χ0) is 18.0. The summed E-state index contributed by atoms with van der Waals surface area (Å²) in [6.45, 7) is 0. The Morgan fingerprint density at radius 2 is 1.48 bits per heavy atom. The van der Waals surface area contributed by atoms with Crippen LogP contribution in [-0.4, -0.2) is 9.97 Å². The monoisotopic (exact) mass is 399 g/mol. The Labute approximate surface area is 157 Å². The molecule has 2 aromatic carbocycles. The second-order valence-corrected chi connectivity index (χ2v) is 5.88. The SMILES string of the molecule is Nc1ccc(Oc2ncnc(Oc3ccccc3Cl)c2F)c(Cl)c1Cl. The van der Waals surface area contributed by atoms with Gasteiger partial charge in [-0.1, -0.05) is 46.9 Å². The molecule has 0 spiro atoms. The van der Waals surface area contributed by atoms with E-state index in [9.17, 15) is 4.39 Å². The summed E-state index contributed by atoms with van der Waals surface area (Å²) in [5, 5.41) is 0.436. The number of rotatable bonds is 4. The van der Waals surface area contributed by atoms with E-state index in [1.807, 2.05) is 0 Å². The summed E-state index contributed by atoms with van der Waals surface area (Å²) in [7, 11) is 0. The number of nitrogens with zero attached hydrogens (tertiary/aromatic N) is 2. The van der Waals surface area contributed by atoms with Crippen molar-refractivity contribution in [3.8, 4) is 23.3 Å². The van der Waals surface area contributed by atoms with Gasteiger partial charge in [0.15, 0.2) is 0 Å². The van der Waals surface area contributed by atoms with Crippen LogP contribution in [0.4, 0.5) is 10.1 Å². The number of halogens is 4. The minimum absolute atomic E-state index is 0.0354. The molecule has 1 aromatic heterocycles. The number of para-hydroxylation sites is 1. The van der Waals surface area contributed by atoms with Crippen molar-refractivity contribution >= 4 is 40.5 Å². The fraction of sp³-hybridized carbons (Fsp3) is 0. The zero-order valence-corrected chi connectivity index (χ0v) is 14.6. The van der Waals surface area contributed by atoms with Gasteiger partial charge < -0.3 is 15.2 Å². The average Bonchev–Trinajstić information content (AvgIpc) is 2.60. The van der Waals surface area contributed by atoms with E-state index in [2.05, 4.69) is 9.97 Å². The van der Waals surface area contributed by atoms with Crippen molar-refractivity contribution in [3.05, 3.63) is 63.6 Å². The minimum atomic E-state index is -0.925. The molecule has 0 fully saturated rings. The first-order chi connectivity index (χ1) is 12.0. The van der Waals surface area contributed by atoms with Crippen LogP contribution in [0.5, 0.6) is 23.3 Å². The number of benzene rings is 2. The summed E-state index contributed by atoms with van der Waals surface area (Å²) in [5.41, 5.74) is 5.90. The van der Waals surface area contributed by atoms with Gasteiger partial charge in [-0.3, -0.25) is 0 Å². The Bertz CT molecular complexity index is 940. The number of anilines is 1. The average molecular weight is 401 g/mol. The van der Waals surface area contributed by atoms with Gasteiger partial charge in [-0.05, 0) is 24.3 Å². The van der Waals surface area contributed by atoms with Crippen molar-refractivity contribution in [2.24, 2.45) is 0 Å². The lowest BCUT2D eigenvalue weighted by Gasteiger charge is -2.11. The maximum absolute atomic E-state index is 14.6. The van der Waals surface area contributed by atoms with Gasteiger partial charge >= 0.3 is 0 Å². The summed E-state index contributed by atoms with van der Waals surface area (Å²) < 4.78 is 25.3. The van der Waals surface area contributed by atoms with Gasteiger partial charge in [0.25, 0.3) is 11.8 Å². The normalized spacial score (nSPS) is 10.6. The van der Waals surface area contributed by atoms with Gasteiger partial charge in [-0.15, -0.1) is 0 Å². The topological polar surface area (TPSA) is 70.3 Å². The van der Waals surface area contributed by atoms with Crippen LogP contribution in [0.3, 0.4) is 0 Å². The standard InChI is InChI=1S/C16H9Cl3FN3O2/c17-8-3-1-2-4-10(8)24-15-14(20)16(23-7-22-15)25-11-6-5-9(21)12(18)13(11)19/h1-7H,21H2. The lowest BCUT2D eigenvalue weighted by molar-refractivity contribution is 0.376. The summed E-state index contributed by atoms with van der Waals surface area (Å²) in [6.07, 6.45) is 1.08. The fourth-order valence-electron chi connectivity index (χ4n) is 1.84. The van der Waals surface area contributed by atoms with Gasteiger partial charge in [0.2, 0.25) is 5.82 Å². The predicted octanol–water partition coefficient (Wildman–Crippen LogP) is 5.74. The summed E-state index contributed by atoms with van der Waals surface area (Å²) in [4.78, 5) is 7.48. The molecule has 0 aliphatic heterocycles. The van der Waals surface area contributed by atoms with E-state index < -0.39 is 5.82 Å². The van der Waals surface area contributed by atoms with E-state index in [0.29, 0.717) is 5.02 Å². The number of nitrogens with two attached hydrogens (primary N) is 1. The Kier molecular flexibility index (Phi) is 5.13. The lowest BCUT2D eigenvalue weighted by atomic mass is 10.3. The second kappa shape index (κ2) is 7.31. The zero-order valence-electron chi connectivity index (χ0n) is 12.3. The Morgan fingerprint density at radius 1 is 0.840 bits per heavy atom. The third kappa shape index (κ3) is 3.71. The van der Waals surface area contributed by atoms with Gasteiger partial charge in [0.05, 0.1) is 15.7 Å². The van der Waals surface area contributed by atoms with Crippen LogP contribution in [0.1, 0.15) is 0 Å². The highest BCUT2D eigenvalue weighted by Gasteiger charge is 2.18. The molecule has 0 saturated carbocycles. The number of aromatic nitrogens is 2. The van der Waals surface area contributed by atoms with Crippen LogP contribution in [0.2, 0.25) is 15.1 Å². The number of nitrogen functional groups attached to an aromatic ring is 1. The molecule has 0 radical (unpaired) electrons. The first-order valence-electron chi connectivity index (χ1n) is 6.81. The Balaban J connectivity index is 1.92. The van der Waals surface area contributed by atoms with Crippen molar-refractivity contribution in [1.82, 2.24) is 9.97 Å². The quantitative estimate of drug-likeness (QED) is 0.565. The van der Waals surface area contributed by atoms with Gasteiger partial charge in [0, 0.05) is 0 Å². The number of hydrogen-bond donors (Lipinski definition) is 1. The summed E-state index contributed by atoms with van der Waals surface area (Å²) in [5.74, 6) is -1.34. The Morgan fingerprint density at radius 3 is 2.16 bits per heavy atom. The molecule has 5 nitrogen and oxygen atoms in total. The van der Waals surface area contributed by atoms with E-state index >= 15 is 0 Å². The highest BCUT2D eigenvalue weighted by atomic mass is 35.5. The Hall–Kier alpha value is -2.28. The molecule has 2 N–H and O–H groups in total. The highest BCUT2D eigenvalue weighted by molar-refractivity contribution is 6.44. The van der Waals surface area contributed by atoms with E-state index in [4.69, 9.17) is 50.0 Å². The molecule has 0 bridgehead atoms. The van der Waals surface area contributed by atoms with Crippen molar-refractivity contribution in [3.63, 3.8) is 0 Å². The maximum atomic E-state index is 14.6. The van der Waals surface area contributed by atoms with E-state index in [1.54, 1.807) is 24.3 Å². The number of ether oxygens (including phenoxy) is 2. The van der Waals surface area contributed by atoms with Crippen LogP contribution < -0.4 is 15.2 Å². The molecular weight excluding hydrogens is 392 g/mol. The van der Waals surface area contributed by atoms with Crippen molar-refractivity contribution < 1.29 is 13.9 Å². The smallest absolute Gasteiger partial charge is 0.263 e. The molecule has 0 aliphatic carbocycles. The van der Waals surface area contributed by atoms with Gasteiger partial charge in [-0.2, -0.15) is 14.4 Å². The van der Waals surface area contributed by atoms with Crippen molar-refractivity contribution in [2.45, 2.75) is 0 Å². The first-order valence-corrected chi connectivity index (χ1v) is 7.95. The van der Waals surface area contributed by atoms with Crippen LogP contribution in [0, 0.1) is 5.82 Å². The van der Waals surface area contributed by atoms with Gasteiger partial charge in [-0.25, -0.2) is 0 Å². The minimum Gasteiger partial charge on any atom is -0.435 e. The van der Waals surface area contributed by atoms with E-state index in [0.717, 1.165) is 6.33 Å². The number of hydrogen-bond acceptors (Lipinski definition) is 5. The van der Waals surface area contributed by atoms with Crippen LogP contribution >= 0.6 is 34.8 Å². The first kappa shape index (κ1) is 17.5. The molecule has 3 aromatic rings. The second-order valence-electron chi connectivity index (χ2n) is 4.71. The molecule has 25 heavy (non-hydrogen) atoms. The van der Waals surface area contributed by atoms with Crippen molar-refractivity contribution in [1.29, 1.82) is 0 Å². The van der Waals surface area contributed by atoms with Crippen LogP contribution in [0.15, 0.2) is 42.7 Å². The summed E-state index contributed by atoms with van der Waals surface area (Å²) in [6, 6.07) is 9.49. The van der Waals surface area contributed by atoms with Crippen molar-refractivity contribution in [2.75, 3.05) is 5.73 Å². The maximum Gasteiger partial charge on any atom is 0.263 e. The molecule has 0 atom stereocenters. The fourth-order valence-corrected chi connectivity index (χ4v) is 2.38. The molecule has 0 unspecified atom stereocenters. The molecule has 0 amide bonds. The molecule has 1 heterocycles. The molecule has 9 heteroatoms. The third-order valence-electron chi connectivity index (χ3n) is 3.05. The predicted molar refractivity (Wildman–Crippen MR) is 94.5 cm³/mol. The highest BCUT2D eigenvalue weighted by Crippen LogP contribution is 2.39. The van der Waals surface area contributed by atoms with Crippen LogP contribution in [0.25, 0.3) is 0 Å². The van der Waals surface area contributed by atoms with E-state index in [1.165, 1.54) is 12.1 Å². The molecule has 3 rings (SSSR count). The lowest BCUT2D eigenvalue weighted by Crippen LogP contribution is -1.99. The third-order valence-corrected chi connectivity index (χ3v) is 4.24. The van der Waals surface area contributed by atoms with Crippen LogP contribution in [-0.2, 0) is 0 Å². The molecule has 0 aliphatic rings. The molecular formula is C16H9Cl3FN3O2. The summed E-state index contributed by atoms with van der Waals surface area (Å²) >= 11 is 18.0. The molecule has 0 saturated heterocycles.